The summed E-state index contributed by atoms with van der Waals surface area (Å²) in [4.78, 5) is 5.03. The lowest BCUT2D eigenvalue weighted by Gasteiger charge is -2.38. The van der Waals surface area contributed by atoms with Gasteiger partial charge < -0.3 is 10.2 Å². The second-order valence-electron chi connectivity index (χ2n) is 5.80. The second-order valence-corrected chi connectivity index (χ2v) is 6.65. The largest absolute Gasteiger partial charge is 0.313 e. The molecule has 1 saturated heterocycles. The molecule has 1 aromatic rings. The van der Waals surface area contributed by atoms with E-state index in [2.05, 4.69) is 76.3 Å². The maximum absolute atomic E-state index is 3.66. The van der Waals surface area contributed by atoms with E-state index in [4.69, 9.17) is 0 Å². The minimum atomic E-state index is 0.414. The molecule has 0 aliphatic carbocycles. The van der Waals surface area contributed by atoms with E-state index in [-0.39, 0.29) is 0 Å². The first-order valence-corrected chi connectivity index (χ1v) is 8.25. The summed E-state index contributed by atoms with van der Waals surface area (Å²) in [6.45, 7) is 7.04. The van der Waals surface area contributed by atoms with Crippen LogP contribution in [0.3, 0.4) is 0 Å². The zero-order valence-electron chi connectivity index (χ0n) is 12.8. The van der Waals surface area contributed by atoms with Crippen LogP contribution in [-0.2, 0) is 0 Å². The molecule has 0 spiro atoms. The fourth-order valence-corrected chi connectivity index (χ4v) is 3.58. The maximum Gasteiger partial charge on any atom is 0.0340 e. The van der Waals surface area contributed by atoms with Crippen molar-refractivity contribution in [3.8, 4) is 0 Å². The molecular weight excluding hydrogens is 314 g/mol. The summed E-state index contributed by atoms with van der Waals surface area (Å²) < 4.78 is 1.20. The number of piperazine rings is 1. The Labute approximate surface area is 131 Å². The molecule has 0 saturated carbocycles. The van der Waals surface area contributed by atoms with Crippen molar-refractivity contribution in [2.75, 3.05) is 40.3 Å². The summed E-state index contributed by atoms with van der Waals surface area (Å²) in [7, 11) is 4.27. The van der Waals surface area contributed by atoms with Crippen LogP contribution in [0.5, 0.6) is 0 Å². The monoisotopic (exact) mass is 339 g/mol. The summed E-state index contributed by atoms with van der Waals surface area (Å²) >= 11 is 3.66. The fraction of sp³-hybridized carbons (Fsp3) is 0.625. The Hall–Kier alpha value is -0.420. The number of halogens is 1. The topological polar surface area (TPSA) is 18.5 Å². The molecule has 0 amide bonds. The summed E-state index contributed by atoms with van der Waals surface area (Å²) in [6, 6.07) is 9.59. The van der Waals surface area contributed by atoms with Crippen LogP contribution in [0, 0.1) is 0 Å². The molecule has 0 bridgehead atoms. The lowest BCUT2D eigenvalue weighted by atomic mass is 10.0. The quantitative estimate of drug-likeness (QED) is 0.889. The van der Waals surface area contributed by atoms with Gasteiger partial charge in [0.25, 0.3) is 0 Å². The highest BCUT2D eigenvalue weighted by atomic mass is 79.9. The molecule has 20 heavy (non-hydrogen) atoms. The molecule has 4 heteroatoms. The fourth-order valence-electron chi connectivity index (χ4n) is 3.02. The molecule has 112 valence electrons. The number of nitrogens with one attached hydrogen (secondary N) is 1. The van der Waals surface area contributed by atoms with Crippen LogP contribution in [0.2, 0.25) is 0 Å². The Balaban J connectivity index is 1.93. The van der Waals surface area contributed by atoms with E-state index >= 15 is 0 Å². The molecule has 2 rings (SSSR count). The van der Waals surface area contributed by atoms with Gasteiger partial charge in [-0.15, -0.1) is 0 Å². The van der Waals surface area contributed by atoms with Crippen LogP contribution >= 0.6 is 15.9 Å². The molecule has 0 radical (unpaired) electrons. The Morgan fingerprint density at radius 3 is 2.75 bits per heavy atom. The van der Waals surface area contributed by atoms with Crippen LogP contribution in [-0.4, -0.2) is 56.1 Å². The van der Waals surface area contributed by atoms with E-state index in [1.54, 1.807) is 0 Å². The zero-order valence-corrected chi connectivity index (χ0v) is 14.4. The van der Waals surface area contributed by atoms with Gasteiger partial charge in [0, 0.05) is 42.7 Å². The Bertz CT molecular complexity index is 424. The van der Waals surface area contributed by atoms with E-state index in [0.717, 1.165) is 13.0 Å². The SMILES string of the molecule is CNC(CCN1CCN(C)CC1C)c1ccccc1Br. The molecule has 1 aliphatic heterocycles. The highest BCUT2D eigenvalue weighted by Crippen LogP contribution is 2.25. The first-order valence-electron chi connectivity index (χ1n) is 7.46. The maximum atomic E-state index is 3.66. The van der Waals surface area contributed by atoms with E-state index in [1.807, 2.05) is 0 Å². The van der Waals surface area contributed by atoms with Crippen LogP contribution in [0.4, 0.5) is 0 Å². The lowest BCUT2D eigenvalue weighted by Crippen LogP contribution is -2.50. The Morgan fingerprint density at radius 2 is 2.10 bits per heavy atom. The average molecular weight is 340 g/mol. The van der Waals surface area contributed by atoms with Crippen LogP contribution in [0.15, 0.2) is 28.7 Å². The van der Waals surface area contributed by atoms with Gasteiger partial charge in [-0.25, -0.2) is 0 Å². The standard InChI is InChI=1S/C16H26BrN3/c1-13-12-19(3)10-11-20(13)9-8-16(18-2)14-6-4-5-7-15(14)17/h4-7,13,16,18H,8-12H2,1-3H3. The summed E-state index contributed by atoms with van der Waals surface area (Å²) in [5.74, 6) is 0. The molecule has 1 fully saturated rings. The lowest BCUT2D eigenvalue weighted by molar-refractivity contribution is 0.0963. The van der Waals surface area contributed by atoms with Gasteiger partial charge in [-0.2, -0.15) is 0 Å². The Kier molecular flexibility index (Phi) is 6.02. The predicted molar refractivity (Wildman–Crippen MR) is 89.1 cm³/mol. The molecule has 1 aromatic carbocycles. The molecule has 2 atom stereocenters. The Morgan fingerprint density at radius 1 is 1.35 bits per heavy atom. The molecule has 1 N–H and O–H groups in total. The minimum Gasteiger partial charge on any atom is -0.313 e. The highest BCUT2D eigenvalue weighted by Gasteiger charge is 2.22. The van der Waals surface area contributed by atoms with Crippen LogP contribution in [0.25, 0.3) is 0 Å². The number of nitrogens with zero attached hydrogens (tertiary/aromatic N) is 2. The number of hydrogen-bond donors (Lipinski definition) is 1. The third-order valence-corrected chi connectivity index (χ3v) is 5.02. The average Bonchev–Trinajstić information content (AvgIpc) is 2.43. The molecule has 1 aliphatic rings. The van der Waals surface area contributed by atoms with E-state index in [9.17, 15) is 0 Å². The molecule has 2 unspecified atom stereocenters. The van der Waals surface area contributed by atoms with Gasteiger partial charge in [-0.1, -0.05) is 34.1 Å². The van der Waals surface area contributed by atoms with E-state index < -0.39 is 0 Å². The first kappa shape index (κ1) is 16.0. The number of likely N-dealkylation sites (N-methyl/N-ethyl adjacent to an activating group) is 1. The number of hydrogen-bond acceptors (Lipinski definition) is 3. The molecule has 0 aromatic heterocycles. The number of benzene rings is 1. The van der Waals surface area contributed by atoms with E-state index in [0.29, 0.717) is 12.1 Å². The number of rotatable bonds is 5. The van der Waals surface area contributed by atoms with Gasteiger partial charge in [-0.05, 0) is 39.1 Å². The van der Waals surface area contributed by atoms with Crippen molar-refractivity contribution in [3.05, 3.63) is 34.3 Å². The summed E-state index contributed by atoms with van der Waals surface area (Å²) in [5.41, 5.74) is 1.36. The van der Waals surface area contributed by atoms with Gasteiger partial charge in [0.2, 0.25) is 0 Å². The predicted octanol–water partition coefficient (Wildman–Crippen LogP) is 2.74. The highest BCUT2D eigenvalue weighted by molar-refractivity contribution is 9.10. The van der Waals surface area contributed by atoms with Gasteiger partial charge >= 0.3 is 0 Å². The van der Waals surface area contributed by atoms with Gasteiger partial charge in [0.05, 0.1) is 0 Å². The van der Waals surface area contributed by atoms with Crippen LogP contribution < -0.4 is 5.32 Å². The van der Waals surface area contributed by atoms with Crippen molar-refractivity contribution >= 4 is 15.9 Å². The minimum absolute atomic E-state index is 0.414. The van der Waals surface area contributed by atoms with Crippen molar-refractivity contribution in [3.63, 3.8) is 0 Å². The smallest absolute Gasteiger partial charge is 0.0340 e. The van der Waals surface area contributed by atoms with Crippen molar-refractivity contribution < 1.29 is 0 Å². The summed E-state index contributed by atoms with van der Waals surface area (Å²) in [5, 5.41) is 3.46. The third kappa shape index (κ3) is 4.04. The van der Waals surface area contributed by atoms with Crippen molar-refractivity contribution in [1.29, 1.82) is 0 Å². The van der Waals surface area contributed by atoms with Crippen molar-refractivity contribution in [1.82, 2.24) is 15.1 Å². The van der Waals surface area contributed by atoms with E-state index in [1.165, 1.54) is 29.7 Å². The first-order chi connectivity index (χ1) is 9.61. The summed E-state index contributed by atoms with van der Waals surface area (Å²) in [6.07, 6.45) is 1.15. The zero-order chi connectivity index (χ0) is 14.5. The molecular formula is C16H26BrN3. The normalized spacial score (nSPS) is 22.9. The van der Waals surface area contributed by atoms with Crippen molar-refractivity contribution in [2.24, 2.45) is 0 Å². The second kappa shape index (κ2) is 7.55. The van der Waals surface area contributed by atoms with Gasteiger partial charge in [0.1, 0.15) is 0 Å². The third-order valence-electron chi connectivity index (χ3n) is 4.30. The molecule has 3 nitrogen and oxygen atoms in total. The van der Waals surface area contributed by atoms with Gasteiger partial charge in [-0.3, -0.25) is 4.90 Å². The molecule has 1 heterocycles. The van der Waals surface area contributed by atoms with Gasteiger partial charge in [0.15, 0.2) is 0 Å². The van der Waals surface area contributed by atoms with Crippen molar-refractivity contribution in [2.45, 2.75) is 25.4 Å². The van der Waals surface area contributed by atoms with Crippen LogP contribution in [0.1, 0.15) is 24.9 Å².